The minimum Gasteiger partial charge on any atom is -0.332 e. The molecule has 0 atom stereocenters. The number of aryl methyl sites for hydroxylation is 3. The van der Waals surface area contributed by atoms with Crippen LogP contribution in [-0.2, 0) is 6.54 Å². The fourth-order valence-corrected chi connectivity index (χ4v) is 3.48. The zero-order chi connectivity index (χ0) is 20.4. The van der Waals surface area contributed by atoms with Gasteiger partial charge in [0.15, 0.2) is 5.11 Å². The maximum atomic E-state index is 6.12. The molecule has 3 aromatic rings. The summed E-state index contributed by atoms with van der Waals surface area (Å²) in [5.41, 5.74) is 7.23. The Labute approximate surface area is 180 Å². The Morgan fingerprint density at radius 2 is 1.71 bits per heavy atom. The van der Waals surface area contributed by atoms with Crippen molar-refractivity contribution in [2.24, 2.45) is 0 Å². The van der Waals surface area contributed by atoms with Gasteiger partial charge in [-0.25, -0.2) is 0 Å². The standard InChI is InChI=1S/C21H22Cl2N4S/c1-12-5-7-17(9-13(12)2)24-21(28)25-20-14(3)26-27(15(20)4)11-16-6-8-18(22)19(23)10-16/h5-10H,11H2,1-4H3,(H2,24,25,28). The third-order valence-electron chi connectivity index (χ3n) is 4.70. The Morgan fingerprint density at radius 1 is 0.964 bits per heavy atom. The maximum absolute atomic E-state index is 6.12. The molecule has 0 aliphatic heterocycles. The van der Waals surface area contributed by atoms with Crippen molar-refractivity contribution in [2.75, 3.05) is 10.6 Å². The van der Waals surface area contributed by atoms with Gasteiger partial charge in [-0.05, 0) is 80.9 Å². The molecule has 0 fully saturated rings. The number of benzene rings is 2. The molecule has 2 N–H and O–H groups in total. The van der Waals surface area contributed by atoms with Crippen molar-refractivity contribution in [3.05, 3.63) is 74.5 Å². The number of nitrogens with one attached hydrogen (secondary N) is 2. The SMILES string of the molecule is Cc1ccc(NC(=S)Nc2c(C)nn(Cc3ccc(Cl)c(Cl)c3)c2C)cc1C. The first kappa shape index (κ1) is 20.6. The quantitative estimate of drug-likeness (QED) is 0.475. The molecular formula is C21H22Cl2N4S. The van der Waals surface area contributed by atoms with Crippen LogP contribution in [-0.4, -0.2) is 14.9 Å². The second-order valence-electron chi connectivity index (χ2n) is 6.83. The highest BCUT2D eigenvalue weighted by Crippen LogP contribution is 2.25. The molecule has 0 aliphatic carbocycles. The molecule has 3 rings (SSSR count). The molecular weight excluding hydrogens is 411 g/mol. The number of hydrogen-bond acceptors (Lipinski definition) is 2. The van der Waals surface area contributed by atoms with Crippen LogP contribution in [0.3, 0.4) is 0 Å². The van der Waals surface area contributed by atoms with Crippen molar-refractivity contribution < 1.29 is 0 Å². The average Bonchev–Trinajstić information content (AvgIpc) is 2.89. The number of aromatic nitrogens is 2. The Bertz CT molecular complexity index is 1040. The number of thiocarbonyl (C=S) groups is 1. The summed E-state index contributed by atoms with van der Waals surface area (Å²) < 4.78 is 1.93. The lowest BCUT2D eigenvalue weighted by Crippen LogP contribution is -2.20. The fraction of sp³-hybridized carbons (Fsp3) is 0.238. The smallest absolute Gasteiger partial charge is 0.175 e. The molecule has 0 radical (unpaired) electrons. The van der Waals surface area contributed by atoms with Gasteiger partial charge in [-0.15, -0.1) is 0 Å². The summed E-state index contributed by atoms with van der Waals surface area (Å²) in [6, 6.07) is 11.8. The first-order chi connectivity index (χ1) is 13.2. The van der Waals surface area contributed by atoms with E-state index in [0.717, 1.165) is 28.3 Å². The lowest BCUT2D eigenvalue weighted by atomic mass is 10.1. The Morgan fingerprint density at radius 3 is 2.39 bits per heavy atom. The normalized spacial score (nSPS) is 10.8. The summed E-state index contributed by atoms with van der Waals surface area (Å²) in [5.74, 6) is 0. The van der Waals surface area contributed by atoms with E-state index >= 15 is 0 Å². The van der Waals surface area contributed by atoms with Crippen LogP contribution in [0.2, 0.25) is 10.0 Å². The van der Waals surface area contributed by atoms with E-state index in [1.54, 1.807) is 6.07 Å². The molecule has 2 aromatic carbocycles. The molecule has 146 valence electrons. The van der Waals surface area contributed by atoms with Crippen molar-refractivity contribution in [1.82, 2.24) is 9.78 Å². The molecule has 0 unspecified atom stereocenters. The maximum Gasteiger partial charge on any atom is 0.175 e. The minimum absolute atomic E-state index is 0.531. The van der Waals surface area contributed by atoms with Crippen molar-refractivity contribution in [2.45, 2.75) is 34.2 Å². The minimum atomic E-state index is 0.531. The molecule has 0 spiro atoms. The summed E-state index contributed by atoms with van der Waals surface area (Å²) in [6.45, 7) is 8.74. The van der Waals surface area contributed by atoms with E-state index in [1.807, 2.05) is 36.7 Å². The van der Waals surface area contributed by atoms with Crippen molar-refractivity contribution in [3.8, 4) is 0 Å². The molecule has 7 heteroatoms. The summed E-state index contributed by atoms with van der Waals surface area (Å²) in [6.07, 6.45) is 0. The first-order valence-electron chi connectivity index (χ1n) is 8.88. The average molecular weight is 433 g/mol. The highest BCUT2D eigenvalue weighted by molar-refractivity contribution is 7.80. The van der Waals surface area contributed by atoms with Crippen LogP contribution in [0.15, 0.2) is 36.4 Å². The van der Waals surface area contributed by atoms with Gasteiger partial charge in [0.05, 0.1) is 33.7 Å². The van der Waals surface area contributed by atoms with Crippen molar-refractivity contribution >= 4 is 51.9 Å². The predicted octanol–water partition coefficient (Wildman–Crippen LogP) is 6.28. The van der Waals surface area contributed by atoms with Crippen molar-refractivity contribution in [3.63, 3.8) is 0 Å². The number of hydrogen-bond donors (Lipinski definition) is 2. The molecule has 0 bridgehead atoms. The number of rotatable bonds is 4. The zero-order valence-electron chi connectivity index (χ0n) is 16.2. The van der Waals surface area contributed by atoms with Crippen LogP contribution in [0.5, 0.6) is 0 Å². The molecule has 0 aliphatic rings. The van der Waals surface area contributed by atoms with Crippen LogP contribution in [0, 0.1) is 27.7 Å². The Balaban J connectivity index is 1.74. The third-order valence-corrected chi connectivity index (χ3v) is 5.64. The zero-order valence-corrected chi connectivity index (χ0v) is 18.6. The molecule has 28 heavy (non-hydrogen) atoms. The number of anilines is 2. The Hall–Kier alpha value is -2.08. The van der Waals surface area contributed by atoms with E-state index in [9.17, 15) is 0 Å². The lowest BCUT2D eigenvalue weighted by molar-refractivity contribution is 0.659. The van der Waals surface area contributed by atoms with Gasteiger partial charge in [0.1, 0.15) is 0 Å². The van der Waals surface area contributed by atoms with Crippen LogP contribution in [0.25, 0.3) is 0 Å². The Kier molecular flexibility index (Phi) is 6.28. The van der Waals surface area contributed by atoms with E-state index in [1.165, 1.54) is 11.1 Å². The van der Waals surface area contributed by atoms with Crippen LogP contribution in [0.1, 0.15) is 28.1 Å². The highest BCUT2D eigenvalue weighted by atomic mass is 35.5. The van der Waals surface area contributed by atoms with Gasteiger partial charge in [-0.2, -0.15) is 5.10 Å². The van der Waals surface area contributed by atoms with Gasteiger partial charge in [-0.3, -0.25) is 4.68 Å². The van der Waals surface area contributed by atoms with E-state index in [2.05, 4.69) is 41.7 Å². The number of nitrogens with zero attached hydrogens (tertiary/aromatic N) is 2. The van der Waals surface area contributed by atoms with Crippen molar-refractivity contribution in [1.29, 1.82) is 0 Å². The molecule has 1 heterocycles. The van der Waals surface area contributed by atoms with Gasteiger partial charge < -0.3 is 10.6 Å². The monoisotopic (exact) mass is 432 g/mol. The fourth-order valence-electron chi connectivity index (χ4n) is 2.94. The van der Waals surface area contributed by atoms with Gasteiger partial charge in [-0.1, -0.05) is 35.3 Å². The van der Waals surface area contributed by atoms with Gasteiger partial charge in [0.2, 0.25) is 0 Å². The van der Waals surface area contributed by atoms with E-state index in [0.29, 0.717) is 21.7 Å². The molecule has 0 saturated carbocycles. The summed E-state index contributed by atoms with van der Waals surface area (Å²) in [5, 5.41) is 12.8. The molecule has 4 nitrogen and oxygen atoms in total. The molecule has 0 amide bonds. The second kappa shape index (κ2) is 8.52. The van der Waals surface area contributed by atoms with E-state index < -0.39 is 0 Å². The topological polar surface area (TPSA) is 41.9 Å². The first-order valence-corrected chi connectivity index (χ1v) is 10.0. The summed E-state index contributed by atoms with van der Waals surface area (Å²) in [4.78, 5) is 0. The highest BCUT2D eigenvalue weighted by Gasteiger charge is 2.14. The van der Waals surface area contributed by atoms with Gasteiger partial charge in [0, 0.05) is 5.69 Å². The van der Waals surface area contributed by atoms with Crippen LogP contribution >= 0.6 is 35.4 Å². The molecule has 0 saturated heterocycles. The largest absolute Gasteiger partial charge is 0.332 e. The van der Waals surface area contributed by atoms with E-state index in [4.69, 9.17) is 35.4 Å². The summed E-state index contributed by atoms with van der Waals surface area (Å²) >= 11 is 17.6. The molecule has 1 aromatic heterocycles. The second-order valence-corrected chi connectivity index (χ2v) is 8.05. The van der Waals surface area contributed by atoms with Crippen LogP contribution < -0.4 is 10.6 Å². The summed E-state index contributed by atoms with van der Waals surface area (Å²) in [7, 11) is 0. The van der Waals surface area contributed by atoms with Gasteiger partial charge >= 0.3 is 0 Å². The lowest BCUT2D eigenvalue weighted by Gasteiger charge is -2.12. The van der Waals surface area contributed by atoms with Crippen LogP contribution in [0.4, 0.5) is 11.4 Å². The predicted molar refractivity (Wildman–Crippen MR) is 123 cm³/mol. The number of halogens is 2. The van der Waals surface area contributed by atoms with E-state index in [-0.39, 0.29) is 0 Å². The van der Waals surface area contributed by atoms with Gasteiger partial charge in [0.25, 0.3) is 0 Å². The third kappa shape index (κ3) is 4.66.